The first-order valence-corrected chi connectivity index (χ1v) is 9.30. The van der Waals surface area contributed by atoms with Gasteiger partial charge in [-0.1, -0.05) is 6.07 Å². The highest BCUT2D eigenvalue weighted by molar-refractivity contribution is 7.18. The molecule has 0 aliphatic rings. The third-order valence-electron chi connectivity index (χ3n) is 4.13. The lowest BCUT2D eigenvalue weighted by atomic mass is 10.1. The van der Waals surface area contributed by atoms with Crippen LogP contribution in [0.1, 0.15) is 44.3 Å². The standard InChI is InChI=1S/C20H19FN2O4S/c1-11-9-17(23-19(24)16-5-4-8-27-16)28-18(11)20(25)22-12(2)13-6-7-15(26-3)14(21)10-13/h4-10,12H,1-3H3,(H,22,25)(H,23,24)/t12-/m0/s1. The van der Waals surface area contributed by atoms with Crippen molar-refractivity contribution in [3.8, 4) is 5.75 Å². The Labute approximate surface area is 165 Å². The number of amides is 2. The molecule has 6 nitrogen and oxygen atoms in total. The number of methoxy groups -OCH3 is 1. The molecule has 0 fully saturated rings. The van der Waals surface area contributed by atoms with Gasteiger partial charge in [-0.2, -0.15) is 0 Å². The number of nitrogens with one attached hydrogen (secondary N) is 2. The largest absolute Gasteiger partial charge is 0.494 e. The first kappa shape index (κ1) is 19.6. The van der Waals surface area contributed by atoms with Crippen LogP contribution in [-0.2, 0) is 0 Å². The van der Waals surface area contributed by atoms with Crippen molar-refractivity contribution in [3.05, 3.63) is 70.2 Å². The van der Waals surface area contributed by atoms with Gasteiger partial charge in [-0.15, -0.1) is 11.3 Å². The maximum absolute atomic E-state index is 13.9. The summed E-state index contributed by atoms with van der Waals surface area (Å²) in [5.74, 6) is -0.845. The average Bonchev–Trinajstić information content (AvgIpc) is 3.31. The van der Waals surface area contributed by atoms with Crippen LogP contribution in [-0.4, -0.2) is 18.9 Å². The number of rotatable bonds is 6. The topological polar surface area (TPSA) is 80.6 Å². The molecule has 0 saturated heterocycles. The second-order valence-corrected chi connectivity index (χ2v) is 7.20. The van der Waals surface area contributed by atoms with Crippen molar-refractivity contribution in [2.45, 2.75) is 19.9 Å². The number of aryl methyl sites for hydroxylation is 1. The van der Waals surface area contributed by atoms with Crippen LogP contribution >= 0.6 is 11.3 Å². The van der Waals surface area contributed by atoms with Crippen LogP contribution in [0.3, 0.4) is 0 Å². The van der Waals surface area contributed by atoms with Gasteiger partial charge in [0.15, 0.2) is 17.3 Å². The first-order chi connectivity index (χ1) is 13.4. The summed E-state index contributed by atoms with van der Waals surface area (Å²) in [5, 5.41) is 6.09. The van der Waals surface area contributed by atoms with E-state index in [4.69, 9.17) is 9.15 Å². The van der Waals surface area contributed by atoms with Crippen LogP contribution in [0.2, 0.25) is 0 Å². The van der Waals surface area contributed by atoms with Gasteiger partial charge in [0.25, 0.3) is 11.8 Å². The van der Waals surface area contributed by atoms with Gasteiger partial charge in [-0.25, -0.2) is 4.39 Å². The van der Waals surface area contributed by atoms with E-state index in [2.05, 4.69) is 10.6 Å². The molecule has 0 spiro atoms. The van der Waals surface area contributed by atoms with Gasteiger partial charge in [0.05, 0.1) is 29.3 Å². The van der Waals surface area contributed by atoms with Gasteiger partial charge >= 0.3 is 0 Å². The number of carbonyl (C=O) groups is 2. The molecule has 8 heteroatoms. The molecule has 1 atom stereocenters. The molecule has 2 N–H and O–H groups in total. The highest BCUT2D eigenvalue weighted by Gasteiger charge is 2.19. The number of halogens is 1. The lowest BCUT2D eigenvalue weighted by molar-refractivity contribution is 0.0942. The Bertz CT molecular complexity index is 998. The fourth-order valence-corrected chi connectivity index (χ4v) is 3.62. The number of ether oxygens (including phenoxy) is 1. The van der Waals surface area contributed by atoms with E-state index in [1.165, 1.54) is 25.5 Å². The third kappa shape index (κ3) is 4.23. The Morgan fingerprint density at radius 1 is 1.21 bits per heavy atom. The summed E-state index contributed by atoms with van der Waals surface area (Å²) in [5.41, 5.74) is 1.34. The van der Waals surface area contributed by atoms with E-state index in [1.54, 1.807) is 38.1 Å². The summed E-state index contributed by atoms with van der Waals surface area (Å²) >= 11 is 1.16. The van der Waals surface area contributed by atoms with Crippen LogP contribution in [0.25, 0.3) is 0 Å². The van der Waals surface area contributed by atoms with Gasteiger partial charge in [-0.3, -0.25) is 9.59 Å². The maximum Gasteiger partial charge on any atom is 0.291 e. The summed E-state index contributed by atoms with van der Waals surface area (Å²) in [7, 11) is 1.39. The molecule has 2 heterocycles. The van der Waals surface area contributed by atoms with Gasteiger partial charge < -0.3 is 19.8 Å². The van der Waals surface area contributed by atoms with Crippen molar-refractivity contribution in [2.75, 3.05) is 12.4 Å². The SMILES string of the molecule is COc1ccc([C@H](C)NC(=O)c2sc(NC(=O)c3ccco3)cc2C)cc1F. The third-order valence-corrected chi connectivity index (χ3v) is 5.28. The van der Waals surface area contributed by atoms with Crippen LogP contribution in [0, 0.1) is 12.7 Å². The molecule has 0 radical (unpaired) electrons. The van der Waals surface area contributed by atoms with Crippen molar-refractivity contribution in [1.82, 2.24) is 5.32 Å². The van der Waals surface area contributed by atoms with Crippen molar-refractivity contribution in [3.63, 3.8) is 0 Å². The van der Waals surface area contributed by atoms with E-state index < -0.39 is 11.9 Å². The molecular formula is C20H19FN2O4S. The summed E-state index contributed by atoms with van der Waals surface area (Å²) in [4.78, 5) is 25.2. The zero-order valence-corrected chi connectivity index (χ0v) is 16.4. The highest BCUT2D eigenvalue weighted by Crippen LogP contribution is 2.28. The maximum atomic E-state index is 13.9. The summed E-state index contributed by atoms with van der Waals surface area (Å²) < 4.78 is 23.9. The molecule has 0 aliphatic carbocycles. The Hall–Kier alpha value is -3.13. The first-order valence-electron chi connectivity index (χ1n) is 8.48. The molecule has 2 amide bonds. The van der Waals surface area contributed by atoms with E-state index in [9.17, 15) is 14.0 Å². The number of benzene rings is 1. The summed E-state index contributed by atoms with van der Waals surface area (Å²) in [6.07, 6.45) is 1.41. The van der Waals surface area contributed by atoms with Crippen LogP contribution in [0.15, 0.2) is 47.1 Å². The second kappa shape index (κ2) is 8.26. The van der Waals surface area contributed by atoms with Crippen molar-refractivity contribution in [2.24, 2.45) is 0 Å². The van der Waals surface area contributed by atoms with Crippen LogP contribution in [0.5, 0.6) is 5.75 Å². The normalized spacial score (nSPS) is 11.7. The van der Waals surface area contributed by atoms with Crippen molar-refractivity contribution in [1.29, 1.82) is 0 Å². The van der Waals surface area contributed by atoms with Crippen LogP contribution in [0.4, 0.5) is 9.39 Å². The van der Waals surface area contributed by atoms with Gasteiger partial charge in [0, 0.05) is 0 Å². The molecule has 0 saturated carbocycles. The quantitative estimate of drug-likeness (QED) is 0.634. The number of hydrogen-bond donors (Lipinski definition) is 2. The molecule has 2 aromatic heterocycles. The molecule has 0 unspecified atom stereocenters. The van der Waals surface area contributed by atoms with Gasteiger partial charge in [0.1, 0.15) is 0 Å². The average molecular weight is 402 g/mol. The Morgan fingerprint density at radius 2 is 2.00 bits per heavy atom. The minimum absolute atomic E-state index is 0.147. The predicted molar refractivity (Wildman–Crippen MR) is 105 cm³/mol. The van der Waals surface area contributed by atoms with E-state index in [0.717, 1.165) is 16.9 Å². The minimum atomic E-state index is -0.490. The minimum Gasteiger partial charge on any atom is -0.494 e. The molecule has 146 valence electrons. The molecule has 0 bridgehead atoms. The zero-order chi connectivity index (χ0) is 20.3. The Balaban J connectivity index is 1.69. The molecule has 3 rings (SSSR count). The number of furan rings is 1. The van der Waals surface area contributed by atoms with Gasteiger partial charge in [-0.05, 0) is 55.3 Å². The smallest absolute Gasteiger partial charge is 0.291 e. The number of thiophene rings is 1. The fourth-order valence-electron chi connectivity index (χ4n) is 2.65. The number of carbonyl (C=O) groups excluding carboxylic acids is 2. The highest BCUT2D eigenvalue weighted by atomic mass is 32.1. The lowest BCUT2D eigenvalue weighted by Gasteiger charge is -2.15. The van der Waals surface area contributed by atoms with E-state index >= 15 is 0 Å². The zero-order valence-electron chi connectivity index (χ0n) is 15.5. The Morgan fingerprint density at radius 3 is 2.64 bits per heavy atom. The van der Waals surface area contributed by atoms with Crippen LogP contribution < -0.4 is 15.4 Å². The summed E-state index contributed by atoms with van der Waals surface area (Å²) in [6, 6.07) is 9.04. The van der Waals surface area contributed by atoms with Gasteiger partial charge in [0.2, 0.25) is 0 Å². The number of hydrogen-bond acceptors (Lipinski definition) is 5. The molecule has 0 aliphatic heterocycles. The molecule has 28 heavy (non-hydrogen) atoms. The second-order valence-electron chi connectivity index (χ2n) is 6.14. The van der Waals surface area contributed by atoms with Crippen molar-refractivity contribution >= 4 is 28.2 Å². The molecular weight excluding hydrogens is 383 g/mol. The monoisotopic (exact) mass is 402 g/mol. The fraction of sp³-hybridized carbons (Fsp3) is 0.200. The van der Waals surface area contributed by atoms with E-state index in [1.807, 2.05) is 0 Å². The molecule has 3 aromatic rings. The molecule has 1 aromatic carbocycles. The predicted octanol–water partition coefficient (Wildman–Crippen LogP) is 4.54. The number of anilines is 1. The van der Waals surface area contributed by atoms with E-state index in [-0.39, 0.29) is 23.3 Å². The Kier molecular flexibility index (Phi) is 5.79. The summed E-state index contributed by atoms with van der Waals surface area (Å²) in [6.45, 7) is 3.55. The van der Waals surface area contributed by atoms with E-state index in [0.29, 0.717) is 15.4 Å². The lowest BCUT2D eigenvalue weighted by Crippen LogP contribution is -2.26. The van der Waals surface area contributed by atoms with Crippen molar-refractivity contribution < 1.29 is 23.1 Å².